The molecule has 0 aliphatic heterocycles. The fourth-order valence-electron chi connectivity index (χ4n) is 2.28. The van der Waals surface area contributed by atoms with Gasteiger partial charge in [0.15, 0.2) is 0 Å². The predicted molar refractivity (Wildman–Crippen MR) is 84.3 cm³/mol. The van der Waals surface area contributed by atoms with E-state index in [4.69, 9.17) is 0 Å². The van der Waals surface area contributed by atoms with Gasteiger partial charge in [-0.3, -0.25) is 0 Å². The smallest absolute Gasteiger partial charge is 0.128 e. The molecule has 0 bridgehead atoms. The van der Waals surface area contributed by atoms with E-state index in [1.54, 1.807) is 0 Å². The van der Waals surface area contributed by atoms with E-state index in [2.05, 4.69) is 40.6 Å². The summed E-state index contributed by atoms with van der Waals surface area (Å²) in [6.07, 6.45) is 4.61. The van der Waals surface area contributed by atoms with Gasteiger partial charge in [-0.2, -0.15) is 0 Å². The fourth-order valence-corrected chi connectivity index (χ4v) is 2.28. The first-order valence-corrected chi connectivity index (χ1v) is 7.18. The number of aromatic nitrogens is 1. The van der Waals surface area contributed by atoms with Crippen LogP contribution in [0.3, 0.4) is 0 Å². The van der Waals surface area contributed by atoms with Crippen LogP contribution in [0.4, 0.5) is 11.5 Å². The molecule has 0 spiro atoms. The molecule has 2 aromatic rings. The average Bonchev–Trinajstić information content (AvgIpc) is 3.31. The number of hydrogen-bond acceptors (Lipinski definition) is 3. The first-order valence-electron chi connectivity index (χ1n) is 7.18. The normalized spacial score (nSPS) is 14.1. The van der Waals surface area contributed by atoms with Crippen molar-refractivity contribution in [2.75, 3.05) is 24.3 Å². The van der Waals surface area contributed by atoms with Crippen LogP contribution in [-0.2, 0) is 6.54 Å². The van der Waals surface area contributed by atoms with Crippen LogP contribution in [0.5, 0.6) is 0 Å². The van der Waals surface area contributed by atoms with E-state index in [0.717, 1.165) is 24.0 Å². The molecule has 1 N–H and O–H groups in total. The summed E-state index contributed by atoms with van der Waals surface area (Å²) in [6, 6.07) is 13.1. The maximum atomic E-state index is 4.40. The Hall–Kier alpha value is -2.03. The Balaban J connectivity index is 1.58. The first kappa shape index (κ1) is 13.0. The van der Waals surface area contributed by atoms with Crippen molar-refractivity contribution in [3.63, 3.8) is 0 Å². The monoisotopic (exact) mass is 267 g/mol. The number of pyridine rings is 1. The number of anilines is 2. The second-order valence-corrected chi connectivity index (χ2v) is 5.67. The molecule has 0 amide bonds. The van der Waals surface area contributed by atoms with Crippen LogP contribution in [0, 0.1) is 0 Å². The van der Waals surface area contributed by atoms with Crippen LogP contribution in [0.1, 0.15) is 29.9 Å². The van der Waals surface area contributed by atoms with Crippen molar-refractivity contribution in [1.82, 2.24) is 4.98 Å². The van der Waals surface area contributed by atoms with E-state index in [-0.39, 0.29) is 0 Å². The first-order chi connectivity index (χ1) is 9.72. The molecule has 3 heteroatoms. The van der Waals surface area contributed by atoms with Crippen molar-refractivity contribution in [3.05, 3.63) is 53.7 Å². The summed E-state index contributed by atoms with van der Waals surface area (Å²) < 4.78 is 0. The minimum absolute atomic E-state index is 0.833. The molecule has 20 heavy (non-hydrogen) atoms. The molecule has 1 heterocycles. The SMILES string of the molecule is CN(C)c1ccc(NCc2ccc(C3CC3)cc2)cn1. The van der Waals surface area contributed by atoms with Crippen molar-refractivity contribution in [3.8, 4) is 0 Å². The summed E-state index contributed by atoms with van der Waals surface area (Å²) in [4.78, 5) is 6.40. The van der Waals surface area contributed by atoms with Crippen molar-refractivity contribution >= 4 is 11.5 Å². The Kier molecular flexibility index (Phi) is 3.59. The maximum absolute atomic E-state index is 4.40. The molecule has 0 unspecified atom stereocenters. The summed E-state index contributed by atoms with van der Waals surface area (Å²) in [6.45, 7) is 0.841. The van der Waals surface area contributed by atoms with E-state index in [0.29, 0.717) is 0 Å². The highest BCUT2D eigenvalue weighted by molar-refractivity contribution is 5.48. The van der Waals surface area contributed by atoms with Gasteiger partial charge in [0.2, 0.25) is 0 Å². The Labute approximate surface area is 120 Å². The molecular formula is C17H21N3. The van der Waals surface area contributed by atoms with Gasteiger partial charge in [-0.15, -0.1) is 0 Å². The third kappa shape index (κ3) is 3.10. The van der Waals surface area contributed by atoms with Crippen LogP contribution in [0.2, 0.25) is 0 Å². The highest BCUT2D eigenvalue weighted by atomic mass is 15.1. The van der Waals surface area contributed by atoms with Gasteiger partial charge in [0.25, 0.3) is 0 Å². The summed E-state index contributed by atoms with van der Waals surface area (Å²) in [5.74, 6) is 1.81. The van der Waals surface area contributed by atoms with Crippen molar-refractivity contribution in [1.29, 1.82) is 0 Å². The van der Waals surface area contributed by atoms with E-state index >= 15 is 0 Å². The minimum Gasteiger partial charge on any atom is -0.380 e. The summed E-state index contributed by atoms with van der Waals surface area (Å²) >= 11 is 0. The lowest BCUT2D eigenvalue weighted by Gasteiger charge is -2.12. The Morgan fingerprint density at radius 2 is 1.85 bits per heavy atom. The van der Waals surface area contributed by atoms with Gasteiger partial charge in [-0.1, -0.05) is 24.3 Å². The second kappa shape index (κ2) is 5.53. The van der Waals surface area contributed by atoms with Crippen LogP contribution in [0.15, 0.2) is 42.6 Å². The lowest BCUT2D eigenvalue weighted by molar-refractivity contribution is 1.06. The zero-order valence-electron chi connectivity index (χ0n) is 12.1. The van der Waals surface area contributed by atoms with Crippen LogP contribution < -0.4 is 10.2 Å². The van der Waals surface area contributed by atoms with Crippen LogP contribution >= 0.6 is 0 Å². The van der Waals surface area contributed by atoms with Gasteiger partial charge < -0.3 is 10.2 Å². The Bertz CT molecular complexity index is 508. The van der Waals surface area contributed by atoms with Gasteiger partial charge in [0.1, 0.15) is 5.82 Å². The van der Waals surface area contributed by atoms with Gasteiger partial charge >= 0.3 is 0 Å². The van der Waals surface area contributed by atoms with Crippen molar-refractivity contribution in [2.45, 2.75) is 25.3 Å². The standard InChI is InChI=1S/C17H21N3/c1-20(2)17-10-9-16(12-19-17)18-11-13-3-5-14(6-4-13)15-7-8-15/h3-6,9-10,12,15,18H,7-8,11H2,1-2H3. The molecule has 1 aromatic heterocycles. The lowest BCUT2D eigenvalue weighted by Crippen LogP contribution is -2.10. The minimum atomic E-state index is 0.833. The number of hydrogen-bond donors (Lipinski definition) is 1. The Morgan fingerprint density at radius 3 is 2.40 bits per heavy atom. The van der Waals surface area contributed by atoms with Crippen LogP contribution in [0.25, 0.3) is 0 Å². The van der Waals surface area contributed by atoms with E-state index in [1.165, 1.54) is 24.0 Å². The maximum Gasteiger partial charge on any atom is 0.128 e. The number of benzene rings is 1. The predicted octanol–water partition coefficient (Wildman–Crippen LogP) is 3.64. The largest absolute Gasteiger partial charge is 0.380 e. The van der Waals surface area contributed by atoms with E-state index < -0.39 is 0 Å². The van der Waals surface area contributed by atoms with Gasteiger partial charge in [0.05, 0.1) is 11.9 Å². The summed E-state index contributed by atoms with van der Waals surface area (Å²) in [7, 11) is 3.99. The zero-order valence-corrected chi connectivity index (χ0v) is 12.1. The average molecular weight is 267 g/mol. The molecule has 0 radical (unpaired) electrons. The molecule has 3 nitrogen and oxygen atoms in total. The van der Waals surface area contributed by atoms with Gasteiger partial charge in [0, 0.05) is 20.6 Å². The molecule has 3 rings (SSSR count). The molecule has 1 saturated carbocycles. The van der Waals surface area contributed by atoms with Gasteiger partial charge in [-0.05, 0) is 42.0 Å². The molecule has 104 valence electrons. The quantitative estimate of drug-likeness (QED) is 0.896. The molecule has 1 aromatic carbocycles. The fraction of sp³-hybridized carbons (Fsp3) is 0.353. The number of rotatable bonds is 5. The molecular weight excluding hydrogens is 246 g/mol. The lowest BCUT2D eigenvalue weighted by atomic mass is 10.1. The number of nitrogens with zero attached hydrogens (tertiary/aromatic N) is 2. The molecule has 1 fully saturated rings. The third-order valence-electron chi connectivity index (χ3n) is 3.73. The Morgan fingerprint density at radius 1 is 1.10 bits per heavy atom. The third-order valence-corrected chi connectivity index (χ3v) is 3.73. The molecule has 1 aliphatic rings. The van der Waals surface area contributed by atoms with E-state index in [9.17, 15) is 0 Å². The molecule has 0 saturated heterocycles. The molecule has 0 atom stereocenters. The molecule has 1 aliphatic carbocycles. The van der Waals surface area contributed by atoms with E-state index in [1.807, 2.05) is 31.3 Å². The second-order valence-electron chi connectivity index (χ2n) is 5.67. The highest BCUT2D eigenvalue weighted by Crippen LogP contribution is 2.39. The highest BCUT2D eigenvalue weighted by Gasteiger charge is 2.22. The van der Waals surface area contributed by atoms with Crippen molar-refractivity contribution < 1.29 is 0 Å². The summed E-state index contributed by atoms with van der Waals surface area (Å²) in [5, 5.41) is 3.41. The number of nitrogens with one attached hydrogen (secondary N) is 1. The summed E-state index contributed by atoms with van der Waals surface area (Å²) in [5.41, 5.74) is 3.86. The van der Waals surface area contributed by atoms with Crippen LogP contribution in [-0.4, -0.2) is 19.1 Å². The van der Waals surface area contributed by atoms with Gasteiger partial charge in [-0.25, -0.2) is 4.98 Å². The topological polar surface area (TPSA) is 28.2 Å². The van der Waals surface area contributed by atoms with Crippen molar-refractivity contribution in [2.24, 2.45) is 0 Å². The zero-order chi connectivity index (χ0) is 13.9.